The highest BCUT2D eigenvalue weighted by Gasteiger charge is 2.27. The van der Waals surface area contributed by atoms with Crippen LogP contribution in [0.4, 0.5) is 8.78 Å². The van der Waals surface area contributed by atoms with Crippen molar-refractivity contribution in [1.82, 2.24) is 9.55 Å². The average molecular weight is 457 g/mol. The average Bonchev–Trinajstić information content (AvgIpc) is 2.81. The summed E-state index contributed by atoms with van der Waals surface area (Å²) in [5, 5.41) is 12.8. The van der Waals surface area contributed by atoms with Gasteiger partial charge in [-0.2, -0.15) is 8.78 Å². The zero-order valence-corrected chi connectivity index (χ0v) is 18.0. The molecule has 0 saturated carbocycles. The first-order valence-corrected chi connectivity index (χ1v) is 11.2. The highest BCUT2D eigenvalue weighted by atomic mass is 19.3. The van der Waals surface area contributed by atoms with E-state index in [2.05, 4.69) is 26.9 Å². The molecule has 2 aliphatic heterocycles. The summed E-state index contributed by atoms with van der Waals surface area (Å²) >= 11 is 0. The molecule has 33 heavy (non-hydrogen) atoms. The smallest absolute Gasteiger partial charge is 0.347 e. The second kappa shape index (κ2) is 9.24. The van der Waals surface area contributed by atoms with E-state index in [-0.39, 0.29) is 24.6 Å². The molecule has 9 heteroatoms. The number of ether oxygens (including phenoxy) is 2. The van der Waals surface area contributed by atoms with Crippen molar-refractivity contribution in [1.29, 1.82) is 0 Å². The third-order valence-corrected chi connectivity index (χ3v) is 6.40. The number of halogens is 2. The molecule has 174 valence electrons. The Bertz CT molecular complexity index is 1300. The highest BCUT2D eigenvalue weighted by molar-refractivity contribution is 5.83. The fourth-order valence-corrected chi connectivity index (χ4v) is 4.79. The van der Waals surface area contributed by atoms with Crippen molar-refractivity contribution in [3.63, 3.8) is 0 Å². The van der Waals surface area contributed by atoms with Gasteiger partial charge in [0.2, 0.25) is 0 Å². The summed E-state index contributed by atoms with van der Waals surface area (Å²) in [6.45, 7) is -2.19. The fraction of sp³-hybridized carbons (Fsp3) is 0.458. The summed E-state index contributed by atoms with van der Waals surface area (Å²) in [4.78, 5) is 22.2. The van der Waals surface area contributed by atoms with Gasteiger partial charge in [-0.25, -0.2) is 4.98 Å². The summed E-state index contributed by atoms with van der Waals surface area (Å²) in [6.07, 6.45) is 10.7. The van der Waals surface area contributed by atoms with Crippen LogP contribution in [-0.4, -0.2) is 53.0 Å². The van der Waals surface area contributed by atoms with E-state index in [1.807, 2.05) is 12.1 Å². The van der Waals surface area contributed by atoms with E-state index < -0.39 is 18.9 Å². The summed E-state index contributed by atoms with van der Waals surface area (Å²) in [5.41, 5.74) is 2.31. The Hall–Kier alpha value is -2.75. The number of aliphatic imine (C=N–C) groups is 1. The van der Waals surface area contributed by atoms with Crippen molar-refractivity contribution in [3.05, 3.63) is 50.4 Å². The Balaban J connectivity index is 1.56. The van der Waals surface area contributed by atoms with Crippen LogP contribution in [0.15, 0.2) is 33.8 Å². The molecule has 1 aromatic carbocycles. The van der Waals surface area contributed by atoms with Gasteiger partial charge in [-0.15, -0.1) is 0 Å². The van der Waals surface area contributed by atoms with Crippen LogP contribution in [0.3, 0.4) is 0 Å². The van der Waals surface area contributed by atoms with E-state index in [0.717, 1.165) is 34.4 Å². The maximum Gasteiger partial charge on any atom is 0.347 e. The molecule has 3 heterocycles. The number of aliphatic hydroxyl groups excluding tert-OH is 1. The number of benzene rings is 1. The number of hydrogen-bond donors (Lipinski definition) is 1. The van der Waals surface area contributed by atoms with Gasteiger partial charge in [0.05, 0.1) is 36.0 Å². The molecule has 0 spiro atoms. The summed E-state index contributed by atoms with van der Waals surface area (Å²) in [7, 11) is 0. The van der Waals surface area contributed by atoms with Gasteiger partial charge < -0.3 is 9.84 Å². The predicted molar refractivity (Wildman–Crippen MR) is 120 cm³/mol. The van der Waals surface area contributed by atoms with E-state index in [1.54, 1.807) is 6.21 Å². The van der Waals surface area contributed by atoms with E-state index in [1.165, 1.54) is 10.9 Å². The molecule has 5 rings (SSSR count). The molecule has 3 atom stereocenters. The molecule has 0 bridgehead atoms. The quantitative estimate of drug-likeness (QED) is 0.737. The number of dihydropyridines is 1. The van der Waals surface area contributed by atoms with Crippen LogP contribution in [0.2, 0.25) is 0 Å². The van der Waals surface area contributed by atoms with Crippen LogP contribution in [0.1, 0.15) is 37.3 Å². The van der Waals surface area contributed by atoms with Gasteiger partial charge in [-0.3, -0.25) is 19.1 Å². The second-order valence-electron chi connectivity index (χ2n) is 8.52. The first-order chi connectivity index (χ1) is 16.0. The molecular formula is C24H25F2N3O4. The Morgan fingerprint density at radius 3 is 2.79 bits per heavy atom. The number of allylic oxidation sites excluding steroid dienone is 1. The van der Waals surface area contributed by atoms with Gasteiger partial charge in [0.25, 0.3) is 5.56 Å². The van der Waals surface area contributed by atoms with Crippen molar-refractivity contribution >= 4 is 29.3 Å². The van der Waals surface area contributed by atoms with Crippen molar-refractivity contribution in [2.75, 3.05) is 13.2 Å². The third-order valence-electron chi connectivity index (χ3n) is 6.40. The zero-order chi connectivity index (χ0) is 22.9. The Kier molecular flexibility index (Phi) is 6.18. The molecule has 7 nitrogen and oxygen atoms in total. The second-order valence-corrected chi connectivity index (χ2v) is 8.52. The van der Waals surface area contributed by atoms with E-state index in [4.69, 9.17) is 4.74 Å². The Morgan fingerprint density at radius 1 is 1.24 bits per heavy atom. The largest absolute Gasteiger partial charge is 0.389 e. The topological polar surface area (TPSA) is 85.9 Å². The fourth-order valence-electron chi connectivity index (χ4n) is 4.79. The molecule has 1 aliphatic carbocycles. The summed E-state index contributed by atoms with van der Waals surface area (Å²) in [5.74, 6) is 0. The number of alkyl halides is 2. The van der Waals surface area contributed by atoms with Gasteiger partial charge in [0, 0.05) is 24.5 Å². The van der Waals surface area contributed by atoms with Gasteiger partial charge in [0.15, 0.2) is 6.23 Å². The Labute approximate surface area is 188 Å². The Morgan fingerprint density at radius 2 is 2.06 bits per heavy atom. The lowest BCUT2D eigenvalue weighted by molar-refractivity contribution is -0.159. The SMILES string of the molecule is O=c1c2cc(CC3=CCC(OC(F)F)N=C3)c3c(c2ncn1C1CCOCC1O)=CCCC=3. The van der Waals surface area contributed by atoms with E-state index in [9.17, 15) is 18.7 Å². The van der Waals surface area contributed by atoms with Crippen molar-refractivity contribution in [2.24, 2.45) is 4.99 Å². The standard InChI is InChI=1S/C24H25F2N3O4/c25-24(26)33-21-6-5-14(11-27-21)9-15-10-18-22(17-4-2-1-3-16(15)17)28-13-29(23(18)31)19-7-8-32-12-20(19)30/h3-5,10-11,13,19-21,24,30H,1-2,6-9,12H2. The molecule has 3 aliphatic rings. The minimum Gasteiger partial charge on any atom is -0.389 e. The first-order valence-electron chi connectivity index (χ1n) is 11.2. The molecule has 0 amide bonds. The number of nitrogens with zero attached hydrogens (tertiary/aromatic N) is 3. The van der Waals surface area contributed by atoms with Gasteiger partial charge in [-0.05, 0) is 48.1 Å². The van der Waals surface area contributed by atoms with Gasteiger partial charge >= 0.3 is 6.61 Å². The van der Waals surface area contributed by atoms with E-state index in [0.29, 0.717) is 30.4 Å². The minimum atomic E-state index is -2.86. The van der Waals surface area contributed by atoms with Gasteiger partial charge in [0.1, 0.15) is 0 Å². The molecule has 3 unspecified atom stereocenters. The van der Waals surface area contributed by atoms with Crippen LogP contribution < -0.4 is 16.0 Å². The molecular weight excluding hydrogens is 432 g/mol. The molecule has 1 fully saturated rings. The van der Waals surface area contributed by atoms with Gasteiger partial charge in [-0.1, -0.05) is 18.2 Å². The lowest BCUT2D eigenvalue weighted by Crippen LogP contribution is -2.40. The molecule has 1 N–H and O–H groups in total. The normalized spacial score (nSPS) is 24.8. The maximum atomic E-state index is 13.5. The van der Waals surface area contributed by atoms with Crippen LogP contribution in [0, 0.1) is 0 Å². The number of rotatable bonds is 5. The van der Waals surface area contributed by atoms with Crippen molar-refractivity contribution in [2.45, 2.75) is 57.1 Å². The lowest BCUT2D eigenvalue weighted by Gasteiger charge is -2.29. The molecule has 0 radical (unpaired) electrons. The monoisotopic (exact) mass is 457 g/mol. The van der Waals surface area contributed by atoms with Crippen molar-refractivity contribution < 1.29 is 23.4 Å². The summed E-state index contributed by atoms with van der Waals surface area (Å²) in [6, 6.07) is 1.50. The predicted octanol–water partition coefficient (Wildman–Crippen LogP) is 1.58. The van der Waals surface area contributed by atoms with Crippen LogP contribution >= 0.6 is 0 Å². The number of aromatic nitrogens is 2. The molecule has 2 aromatic rings. The van der Waals surface area contributed by atoms with Crippen LogP contribution in [-0.2, 0) is 15.9 Å². The molecule has 1 aromatic heterocycles. The summed E-state index contributed by atoms with van der Waals surface area (Å²) < 4.78 is 36.2. The zero-order valence-electron chi connectivity index (χ0n) is 18.0. The first kappa shape index (κ1) is 22.1. The minimum absolute atomic E-state index is 0.189. The number of hydrogen-bond acceptors (Lipinski definition) is 6. The third kappa shape index (κ3) is 4.40. The van der Waals surface area contributed by atoms with E-state index >= 15 is 0 Å². The highest BCUT2D eigenvalue weighted by Crippen LogP contribution is 2.21. The maximum absolute atomic E-state index is 13.5. The van der Waals surface area contributed by atoms with Crippen LogP contribution in [0.5, 0.6) is 0 Å². The molecule has 1 saturated heterocycles. The number of fused-ring (bicyclic) bond motifs is 3. The lowest BCUT2D eigenvalue weighted by atomic mass is 9.95. The van der Waals surface area contributed by atoms with Crippen LogP contribution in [0.25, 0.3) is 23.1 Å². The number of aliphatic hydroxyl groups is 1. The van der Waals surface area contributed by atoms with Crippen molar-refractivity contribution in [3.8, 4) is 0 Å².